The number of aromatic nitrogens is 3. The van der Waals surface area contributed by atoms with E-state index in [1.807, 2.05) is 41.3 Å². The Bertz CT molecular complexity index is 2860. The van der Waals surface area contributed by atoms with E-state index in [0.717, 1.165) is 88.8 Å². The average molecular weight is 967 g/mol. The molecular weight excluding hydrogens is 893 g/mol. The van der Waals surface area contributed by atoms with Crippen molar-refractivity contribution in [1.82, 2.24) is 35.0 Å². The number of anilines is 2. The van der Waals surface area contributed by atoms with Crippen LogP contribution in [0.3, 0.4) is 0 Å². The minimum atomic E-state index is -0.834. The number of aryl methyl sites for hydroxylation is 1. The van der Waals surface area contributed by atoms with E-state index in [2.05, 4.69) is 94.7 Å². The summed E-state index contributed by atoms with van der Waals surface area (Å²) in [7, 11) is 0. The van der Waals surface area contributed by atoms with Crippen LogP contribution in [0, 0.1) is 16.7 Å². The second kappa shape index (κ2) is 20.4. The van der Waals surface area contributed by atoms with E-state index in [0.29, 0.717) is 75.5 Å². The number of H-pyrrole nitrogens is 1. The van der Waals surface area contributed by atoms with Crippen molar-refractivity contribution < 1.29 is 23.9 Å². The van der Waals surface area contributed by atoms with E-state index in [4.69, 9.17) is 10.5 Å². The Kier molecular flexibility index (Phi) is 14.6. The highest BCUT2D eigenvalue weighted by Crippen LogP contribution is 2.46. The summed E-state index contributed by atoms with van der Waals surface area (Å²) in [5.74, 6) is 0.337. The highest BCUT2D eigenvalue weighted by molar-refractivity contribution is 6.20. The number of ether oxygens (including phenoxy) is 1. The Balaban J connectivity index is 0.865. The zero-order valence-electron chi connectivity index (χ0n) is 43.3. The fraction of sp³-hybridized carbons (Fsp3) is 0.536. The van der Waals surface area contributed by atoms with E-state index in [1.54, 1.807) is 26.8 Å². The molecule has 3 amide bonds. The third-order valence-corrected chi connectivity index (χ3v) is 15.1. The summed E-state index contributed by atoms with van der Waals surface area (Å²) in [5, 5.41) is 16.6. The fourth-order valence-corrected chi connectivity index (χ4v) is 11.3. The zero-order valence-corrected chi connectivity index (χ0v) is 43.3. The molecule has 71 heavy (non-hydrogen) atoms. The van der Waals surface area contributed by atoms with Gasteiger partial charge >= 0.3 is 6.09 Å². The number of nitrogen functional groups attached to an aromatic ring is 1. The molecule has 2 aromatic heterocycles. The number of nitriles is 1. The van der Waals surface area contributed by atoms with Crippen LogP contribution in [0.4, 0.5) is 16.4 Å². The number of nitrogens with zero attached hydrogens (tertiary/aromatic N) is 6. The lowest BCUT2D eigenvalue weighted by atomic mass is 9.70. The smallest absolute Gasteiger partial charge is 0.408 e. The van der Waals surface area contributed by atoms with Gasteiger partial charge in [-0.1, -0.05) is 72.6 Å². The van der Waals surface area contributed by atoms with Crippen molar-refractivity contribution in [3.05, 3.63) is 88.1 Å². The summed E-state index contributed by atoms with van der Waals surface area (Å²) < 4.78 is 7.71. The summed E-state index contributed by atoms with van der Waals surface area (Å²) in [4.78, 5) is 70.2. The highest BCUT2D eigenvalue weighted by Gasteiger charge is 2.43. The normalized spacial score (nSPS) is 18.5. The first-order valence-electron chi connectivity index (χ1n) is 25.8. The van der Waals surface area contributed by atoms with E-state index in [9.17, 15) is 24.4 Å². The number of aromatic amines is 1. The number of rotatable bonds is 16. The van der Waals surface area contributed by atoms with Crippen molar-refractivity contribution in [2.45, 2.75) is 143 Å². The molecule has 0 radical (unpaired) electrons. The molecule has 1 aliphatic carbocycles. The molecule has 2 unspecified atom stereocenters. The highest BCUT2D eigenvalue weighted by atomic mass is 16.6. The topological polar surface area (TPSA) is 195 Å². The molecule has 15 heteroatoms. The van der Waals surface area contributed by atoms with E-state index in [-0.39, 0.29) is 35.1 Å². The predicted molar refractivity (Wildman–Crippen MR) is 280 cm³/mol. The first-order chi connectivity index (χ1) is 33.7. The molecule has 5 N–H and O–H groups in total. The van der Waals surface area contributed by atoms with Gasteiger partial charge in [0.05, 0.1) is 28.2 Å². The minimum Gasteiger partial charge on any atom is -0.444 e. The first kappa shape index (κ1) is 51.0. The number of alkyl carbamates (subject to hydrolysis) is 1. The molecule has 15 nitrogen and oxygen atoms in total. The molecule has 8 rings (SSSR count). The van der Waals surface area contributed by atoms with Gasteiger partial charge in [-0.2, -0.15) is 5.26 Å². The lowest BCUT2D eigenvalue weighted by Gasteiger charge is -2.39. The van der Waals surface area contributed by atoms with Crippen molar-refractivity contribution in [3.8, 4) is 6.07 Å². The van der Waals surface area contributed by atoms with Gasteiger partial charge in [0.15, 0.2) is 5.78 Å². The third kappa shape index (κ3) is 10.6. The van der Waals surface area contributed by atoms with Gasteiger partial charge in [0, 0.05) is 91.0 Å². The van der Waals surface area contributed by atoms with Gasteiger partial charge in [-0.15, -0.1) is 0 Å². The summed E-state index contributed by atoms with van der Waals surface area (Å²) in [6, 6.07) is 18.8. The lowest BCUT2D eigenvalue weighted by Crippen LogP contribution is -2.53. The van der Waals surface area contributed by atoms with Gasteiger partial charge in [-0.05, 0) is 112 Å². The number of amides is 3. The molecule has 2 saturated heterocycles. The number of ketones is 1. The van der Waals surface area contributed by atoms with Crippen molar-refractivity contribution in [3.63, 3.8) is 0 Å². The second-order valence-corrected chi connectivity index (χ2v) is 22.2. The van der Waals surface area contributed by atoms with E-state index >= 15 is 0 Å². The molecule has 0 saturated carbocycles. The van der Waals surface area contributed by atoms with Crippen LogP contribution in [0.25, 0.3) is 21.9 Å². The second-order valence-electron chi connectivity index (χ2n) is 22.2. The number of fused-ring (bicyclic) bond motifs is 5. The summed E-state index contributed by atoms with van der Waals surface area (Å²) >= 11 is 0. The summed E-state index contributed by atoms with van der Waals surface area (Å²) in [5.41, 5.74) is 13.6. The monoisotopic (exact) mass is 967 g/mol. The average Bonchev–Trinajstić information content (AvgIpc) is 3.98. The molecule has 3 atom stereocenters. The Morgan fingerprint density at radius 1 is 0.986 bits per heavy atom. The molecule has 378 valence electrons. The summed E-state index contributed by atoms with van der Waals surface area (Å²) in [6.45, 7) is 23.0. The molecule has 0 spiro atoms. The maximum absolute atomic E-state index is 14.3. The van der Waals surface area contributed by atoms with Crippen LogP contribution in [0.2, 0.25) is 0 Å². The maximum atomic E-state index is 14.3. The number of likely N-dealkylation sites (tertiary alicyclic amines) is 1. The third-order valence-electron chi connectivity index (χ3n) is 15.1. The Hall–Kier alpha value is -6.40. The minimum absolute atomic E-state index is 0.00525. The van der Waals surface area contributed by atoms with Crippen LogP contribution in [0.5, 0.6) is 0 Å². The number of nitrogens with two attached hydrogens (primary N) is 1. The van der Waals surface area contributed by atoms with Crippen molar-refractivity contribution in [2.75, 3.05) is 56.4 Å². The van der Waals surface area contributed by atoms with Gasteiger partial charge in [0.1, 0.15) is 11.6 Å². The standard InChI is InChI=1S/C56H74N10O5/c1-10-12-16-37(66-44-18-14-13-17-41(44)60-52(66)58)21-23-42(61-53(70)71-54(3,4)5)51(69)62-46-33-63(34-55(46,6)7)24-15-19-47(67)65-27-25-64(26-28-65)45-31-40-39(30-36(45)11-2)49(68)48-38-22-20-35(32-57)29-43(38)59-50(48)56(40,8)9/h13-14,17-18,20,22,29-31,37,42,46,59H,10-12,15-16,19,21,23-28,33-34H2,1-9H3,(H2,58,60)(H,61,70)(H,62,69)/t37?,42?,46-/m0/s1. The SMILES string of the molecule is CCCCC(CCC(NC(=O)OC(C)(C)C)C(=O)N[C@H]1CN(CCCC(=O)N2CCN(c3cc4c(cc3CC)C(=O)c3c([nH]c5cc(C#N)ccc35)C4(C)C)CC2)CC1(C)C)n1c(N)nc2ccccc21. The molecule has 5 aromatic rings. The van der Waals surface area contributed by atoms with Crippen LogP contribution in [-0.4, -0.2) is 112 Å². The van der Waals surface area contributed by atoms with E-state index < -0.39 is 23.2 Å². The molecule has 3 aliphatic rings. The number of benzene rings is 3. The molecule has 2 fully saturated rings. The molecular formula is C56H74N10O5. The predicted octanol–water partition coefficient (Wildman–Crippen LogP) is 8.76. The number of imidazole rings is 1. The number of nitrogens with one attached hydrogen (secondary N) is 3. The Morgan fingerprint density at radius 2 is 1.73 bits per heavy atom. The Labute approximate surface area is 418 Å². The Morgan fingerprint density at radius 3 is 2.44 bits per heavy atom. The van der Waals surface area contributed by atoms with E-state index in [1.165, 1.54) is 0 Å². The van der Waals surface area contributed by atoms with Crippen molar-refractivity contribution in [1.29, 1.82) is 5.26 Å². The van der Waals surface area contributed by atoms with Crippen LogP contribution in [0.15, 0.2) is 54.6 Å². The zero-order chi connectivity index (χ0) is 51.0. The number of hydrogen-bond donors (Lipinski definition) is 4. The van der Waals surface area contributed by atoms with Gasteiger partial charge in [-0.25, -0.2) is 9.78 Å². The quantitative estimate of drug-likeness (QED) is 0.0743. The van der Waals surface area contributed by atoms with Gasteiger partial charge in [0.2, 0.25) is 17.8 Å². The fourth-order valence-electron chi connectivity index (χ4n) is 11.3. The first-order valence-corrected chi connectivity index (χ1v) is 25.8. The summed E-state index contributed by atoms with van der Waals surface area (Å²) in [6.07, 6.45) is 5.07. The lowest BCUT2D eigenvalue weighted by molar-refractivity contribution is -0.131. The molecule has 4 heterocycles. The van der Waals surface area contributed by atoms with Crippen LogP contribution in [-0.2, 0) is 26.2 Å². The van der Waals surface area contributed by atoms with Crippen molar-refractivity contribution in [2.24, 2.45) is 5.41 Å². The number of piperazine rings is 1. The number of para-hydroxylation sites is 2. The number of hydrogen-bond acceptors (Lipinski definition) is 10. The van der Waals surface area contributed by atoms with Gasteiger partial charge in [0.25, 0.3) is 0 Å². The number of carbonyl (C=O) groups is 4. The van der Waals surface area contributed by atoms with Crippen LogP contribution < -0.4 is 21.3 Å². The van der Waals surface area contributed by atoms with Crippen molar-refractivity contribution >= 4 is 57.3 Å². The van der Waals surface area contributed by atoms with Gasteiger partial charge in [-0.3, -0.25) is 14.4 Å². The maximum Gasteiger partial charge on any atom is 0.408 e. The van der Waals surface area contributed by atoms with Crippen LogP contribution >= 0.6 is 0 Å². The largest absolute Gasteiger partial charge is 0.444 e. The van der Waals surface area contributed by atoms with Gasteiger partial charge < -0.3 is 45.4 Å². The number of carbonyl (C=O) groups excluding carboxylic acids is 4. The van der Waals surface area contributed by atoms with Crippen LogP contribution in [0.1, 0.15) is 152 Å². The molecule has 2 aliphatic heterocycles. The number of unbranched alkanes of at least 4 members (excludes halogenated alkanes) is 1. The molecule has 3 aromatic carbocycles. The molecule has 0 bridgehead atoms.